The second-order valence-electron chi connectivity index (χ2n) is 7.82. The molecule has 0 unspecified atom stereocenters. The van der Waals surface area contributed by atoms with Gasteiger partial charge in [0.05, 0.1) is 18.1 Å². The van der Waals surface area contributed by atoms with Crippen LogP contribution in [0.15, 0.2) is 71.6 Å². The summed E-state index contributed by atoms with van der Waals surface area (Å²) < 4.78 is 52.1. The van der Waals surface area contributed by atoms with Gasteiger partial charge in [0, 0.05) is 18.7 Å². The van der Waals surface area contributed by atoms with Crippen molar-refractivity contribution in [3.63, 3.8) is 0 Å². The Bertz CT molecular complexity index is 1260. The zero-order valence-electron chi connectivity index (χ0n) is 19.2. The van der Waals surface area contributed by atoms with Crippen molar-refractivity contribution in [3.05, 3.63) is 89.2 Å². The van der Waals surface area contributed by atoms with Crippen LogP contribution >= 0.6 is 0 Å². The first-order valence-corrected chi connectivity index (χ1v) is 12.1. The van der Waals surface area contributed by atoms with E-state index in [4.69, 9.17) is 9.47 Å². The average molecular weight is 487 g/mol. The van der Waals surface area contributed by atoms with Crippen LogP contribution in [0.2, 0.25) is 0 Å². The Kier molecular flexibility index (Phi) is 8.25. The van der Waals surface area contributed by atoms with Crippen LogP contribution in [0.1, 0.15) is 35.3 Å². The topological polar surface area (TPSA) is 93.7 Å². The minimum atomic E-state index is -3.82. The average Bonchev–Trinajstić information content (AvgIpc) is 2.81. The number of methoxy groups -OCH3 is 1. The van der Waals surface area contributed by atoms with Gasteiger partial charge < -0.3 is 14.8 Å². The van der Waals surface area contributed by atoms with E-state index < -0.39 is 15.8 Å². The number of halogens is 1. The number of sulfonamides is 1. The Balaban J connectivity index is 1.65. The molecule has 9 heteroatoms. The van der Waals surface area contributed by atoms with Gasteiger partial charge in [-0.2, -0.15) is 0 Å². The van der Waals surface area contributed by atoms with Crippen molar-refractivity contribution in [2.75, 3.05) is 7.11 Å². The van der Waals surface area contributed by atoms with Gasteiger partial charge in [0.2, 0.25) is 10.0 Å². The summed E-state index contributed by atoms with van der Waals surface area (Å²) >= 11 is 0. The summed E-state index contributed by atoms with van der Waals surface area (Å²) in [5, 5.41) is 2.78. The maximum absolute atomic E-state index is 13.3. The van der Waals surface area contributed by atoms with Crippen LogP contribution in [-0.4, -0.2) is 27.5 Å². The number of hydrogen-bond donors (Lipinski definition) is 2. The van der Waals surface area contributed by atoms with Crippen molar-refractivity contribution in [2.45, 2.75) is 37.9 Å². The lowest BCUT2D eigenvalue weighted by Crippen LogP contribution is -2.25. The summed E-state index contributed by atoms with van der Waals surface area (Å²) in [5.41, 5.74) is 1.49. The number of rotatable bonds is 10. The number of hydrogen-bond acceptors (Lipinski definition) is 5. The van der Waals surface area contributed by atoms with Crippen LogP contribution in [0.5, 0.6) is 11.5 Å². The van der Waals surface area contributed by atoms with Gasteiger partial charge in [0.15, 0.2) is 11.5 Å². The van der Waals surface area contributed by atoms with Crippen LogP contribution in [0.3, 0.4) is 0 Å². The van der Waals surface area contributed by atoms with Gasteiger partial charge in [-0.05, 0) is 67.4 Å². The maximum atomic E-state index is 13.3. The lowest BCUT2D eigenvalue weighted by atomic mass is 10.1. The fourth-order valence-electron chi connectivity index (χ4n) is 3.18. The summed E-state index contributed by atoms with van der Waals surface area (Å²) in [7, 11) is -2.33. The third kappa shape index (κ3) is 6.79. The van der Waals surface area contributed by atoms with Crippen LogP contribution in [-0.2, 0) is 23.1 Å². The largest absolute Gasteiger partial charge is 0.493 e. The number of nitrogens with one attached hydrogen (secondary N) is 2. The Morgan fingerprint density at radius 3 is 2.32 bits per heavy atom. The van der Waals surface area contributed by atoms with Crippen molar-refractivity contribution >= 4 is 15.9 Å². The monoisotopic (exact) mass is 486 g/mol. The van der Waals surface area contributed by atoms with Gasteiger partial charge in [0.25, 0.3) is 5.91 Å². The van der Waals surface area contributed by atoms with E-state index in [0.29, 0.717) is 28.2 Å². The number of carbonyl (C=O) groups is 1. The molecule has 3 aromatic rings. The fraction of sp³-hybridized carbons (Fsp3) is 0.240. The molecule has 0 aliphatic carbocycles. The summed E-state index contributed by atoms with van der Waals surface area (Å²) in [5.74, 6) is 0.206. The predicted molar refractivity (Wildman–Crippen MR) is 127 cm³/mol. The van der Waals surface area contributed by atoms with Crippen molar-refractivity contribution < 1.29 is 27.1 Å². The minimum Gasteiger partial charge on any atom is -0.493 e. The quantitative estimate of drug-likeness (QED) is 0.451. The molecule has 7 nitrogen and oxygen atoms in total. The molecule has 180 valence electrons. The molecule has 3 rings (SSSR count). The molecule has 0 spiro atoms. The Hall–Kier alpha value is -3.43. The normalized spacial score (nSPS) is 11.3. The second kappa shape index (κ2) is 11.1. The SMILES string of the molecule is COc1cc(C(=O)NCc2cccc(S(=O)(=O)NCc3cccc(F)c3)c2)ccc1OC(C)C. The number of carbonyl (C=O) groups excluding carboxylic acids is 1. The molecular weight excluding hydrogens is 459 g/mol. The van der Waals surface area contributed by atoms with E-state index in [1.54, 1.807) is 36.4 Å². The molecular formula is C25H27FN2O5S. The molecule has 0 aliphatic heterocycles. The van der Waals surface area contributed by atoms with E-state index in [0.717, 1.165) is 0 Å². The van der Waals surface area contributed by atoms with Crippen LogP contribution in [0.25, 0.3) is 0 Å². The van der Waals surface area contributed by atoms with Gasteiger partial charge in [-0.3, -0.25) is 4.79 Å². The highest BCUT2D eigenvalue weighted by Gasteiger charge is 2.16. The van der Waals surface area contributed by atoms with E-state index in [1.165, 1.54) is 37.4 Å². The lowest BCUT2D eigenvalue weighted by Gasteiger charge is -2.14. The fourth-order valence-corrected chi connectivity index (χ4v) is 4.26. The van der Waals surface area contributed by atoms with Gasteiger partial charge in [-0.25, -0.2) is 17.5 Å². The van der Waals surface area contributed by atoms with Crippen molar-refractivity contribution in [1.82, 2.24) is 10.0 Å². The predicted octanol–water partition coefficient (Wildman–Crippen LogP) is 4.03. The molecule has 0 bridgehead atoms. The number of amides is 1. The summed E-state index contributed by atoms with van der Waals surface area (Å²) in [6.07, 6.45) is -0.0412. The standard InChI is InChI=1S/C25H27FN2O5S/c1-17(2)33-23-11-10-20(14-24(23)32-3)25(29)27-15-19-7-5-9-22(13-19)34(30,31)28-16-18-6-4-8-21(26)12-18/h4-14,17,28H,15-16H2,1-3H3,(H,27,29). The first-order valence-electron chi connectivity index (χ1n) is 10.6. The molecule has 0 saturated heterocycles. The zero-order valence-corrected chi connectivity index (χ0v) is 20.0. The molecule has 0 radical (unpaired) electrons. The molecule has 0 fully saturated rings. The van der Waals surface area contributed by atoms with Gasteiger partial charge in [-0.1, -0.05) is 24.3 Å². The molecule has 1 amide bonds. The number of ether oxygens (including phenoxy) is 2. The third-order valence-corrected chi connectivity index (χ3v) is 6.20. The Labute approximate surface area is 199 Å². The minimum absolute atomic E-state index is 0.0412. The van der Waals surface area contributed by atoms with E-state index in [1.807, 2.05) is 13.8 Å². The van der Waals surface area contributed by atoms with Crippen LogP contribution < -0.4 is 19.5 Å². The molecule has 0 atom stereocenters. The maximum Gasteiger partial charge on any atom is 0.251 e. The van der Waals surface area contributed by atoms with Gasteiger partial charge >= 0.3 is 0 Å². The van der Waals surface area contributed by atoms with E-state index in [2.05, 4.69) is 10.0 Å². The zero-order chi connectivity index (χ0) is 24.7. The highest BCUT2D eigenvalue weighted by molar-refractivity contribution is 7.89. The highest BCUT2D eigenvalue weighted by Crippen LogP contribution is 2.29. The second-order valence-corrected chi connectivity index (χ2v) is 9.58. The molecule has 0 saturated carbocycles. The Morgan fingerprint density at radius 1 is 0.941 bits per heavy atom. The smallest absolute Gasteiger partial charge is 0.251 e. The first kappa shape index (κ1) is 25.2. The van der Waals surface area contributed by atoms with E-state index >= 15 is 0 Å². The highest BCUT2D eigenvalue weighted by atomic mass is 32.2. The van der Waals surface area contributed by atoms with E-state index in [9.17, 15) is 17.6 Å². The molecule has 0 aliphatic rings. The van der Waals surface area contributed by atoms with Crippen molar-refractivity contribution in [3.8, 4) is 11.5 Å². The van der Waals surface area contributed by atoms with Crippen molar-refractivity contribution in [2.24, 2.45) is 0 Å². The van der Waals surface area contributed by atoms with Crippen LogP contribution in [0.4, 0.5) is 4.39 Å². The molecule has 2 N–H and O–H groups in total. The molecule has 3 aromatic carbocycles. The van der Waals surface area contributed by atoms with Crippen molar-refractivity contribution in [1.29, 1.82) is 0 Å². The third-order valence-electron chi connectivity index (χ3n) is 4.81. The number of benzene rings is 3. The first-order chi connectivity index (χ1) is 16.2. The summed E-state index contributed by atoms with van der Waals surface area (Å²) in [6, 6.07) is 16.8. The lowest BCUT2D eigenvalue weighted by molar-refractivity contribution is 0.0950. The molecule has 0 heterocycles. The summed E-state index contributed by atoms with van der Waals surface area (Å²) in [4.78, 5) is 12.7. The van der Waals surface area contributed by atoms with Gasteiger partial charge in [-0.15, -0.1) is 0 Å². The van der Waals surface area contributed by atoms with Crippen LogP contribution in [0, 0.1) is 5.82 Å². The molecule has 34 heavy (non-hydrogen) atoms. The van der Waals surface area contributed by atoms with Gasteiger partial charge in [0.1, 0.15) is 5.82 Å². The summed E-state index contributed by atoms with van der Waals surface area (Å²) in [6.45, 7) is 3.87. The van der Waals surface area contributed by atoms with E-state index in [-0.39, 0.29) is 30.0 Å². The molecule has 0 aromatic heterocycles. The Morgan fingerprint density at radius 2 is 1.65 bits per heavy atom.